The zero-order valence-electron chi connectivity index (χ0n) is 33.0. The van der Waals surface area contributed by atoms with Crippen LogP contribution in [-0.2, 0) is 6.61 Å². The van der Waals surface area contributed by atoms with E-state index in [4.69, 9.17) is 24.7 Å². The molecule has 0 radical (unpaired) electrons. The molecular weight excluding hydrogens is 789 g/mol. The smallest absolute Gasteiger partial charge is 0.142 e. The molecule has 0 spiro atoms. The Hall–Kier alpha value is -7.46. The molecule has 61 heavy (non-hydrogen) atoms. The third-order valence-corrected chi connectivity index (χ3v) is 11.9. The number of hydrogen-bond acceptors (Lipinski definition) is 9. The van der Waals surface area contributed by atoms with E-state index in [1.165, 1.54) is 0 Å². The second-order valence-corrected chi connectivity index (χ2v) is 16.2. The predicted molar refractivity (Wildman–Crippen MR) is 248 cm³/mol. The summed E-state index contributed by atoms with van der Waals surface area (Å²) >= 11 is 3.17. The first-order chi connectivity index (χ1) is 30.1. The number of pyridine rings is 4. The molecule has 0 saturated heterocycles. The molecule has 0 fully saturated rings. The highest BCUT2D eigenvalue weighted by molar-refractivity contribution is 7.13. The van der Waals surface area contributed by atoms with Gasteiger partial charge in [0.05, 0.1) is 45.6 Å². The van der Waals surface area contributed by atoms with E-state index in [0.717, 1.165) is 106 Å². The first kappa shape index (κ1) is 37.8. The molecule has 0 aliphatic heterocycles. The highest BCUT2D eigenvalue weighted by atomic mass is 32.1. The molecule has 6 heterocycles. The fourth-order valence-electron chi connectivity index (χ4n) is 7.25. The largest absolute Gasteiger partial charge is 0.488 e. The Morgan fingerprint density at radius 2 is 0.869 bits per heavy atom. The quantitative estimate of drug-likeness (QED) is 0.128. The molecule has 0 atom stereocenters. The van der Waals surface area contributed by atoms with Crippen molar-refractivity contribution < 1.29 is 4.74 Å². The third kappa shape index (κ3) is 8.25. The SMILES string of the molecule is Cc1cc(-c2cccc(-c3csc(-c4cccc(-c5ccccn5)n4)n3)c2)c(OCc2ccccc2)c(-c2cccc(-c3csc(-c4cccc(-c5ccccn5)n4)n3)c2)c1. The van der Waals surface area contributed by atoms with Crippen molar-refractivity contribution in [3.8, 4) is 94.7 Å². The summed E-state index contributed by atoms with van der Waals surface area (Å²) in [5.41, 5.74) is 15.0. The maximum Gasteiger partial charge on any atom is 0.142 e. The number of rotatable bonds is 11. The van der Waals surface area contributed by atoms with E-state index in [1.807, 2.05) is 91.0 Å². The van der Waals surface area contributed by atoms with Crippen molar-refractivity contribution in [2.45, 2.75) is 13.5 Å². The Morgan fingerprint density at radius 1 is 0.410 bits per heavy atom. The first-order valence-electron chi connectivity index (χ1n) is 19.8. The van der Waals surface area contributed by atoms with Crippen LogP contribution in [0.4, 0.5) is 0 Å². The molecule has 7 nitrogen and oxygen atoms in total. The fraction of sp³-hybridized carbons (Fsp3) is 0.0385. The van der Waals surface area contributed by atoms with Crippen molar-refractivity contribution in [3.05, 3.63) is 198 Å². The number of thiazole rings is 2. The van der Waals surface area contributed by atoms with Crippen LogP contribution in [0, 0.1) is 6.92 Å². The van der Waals surface area contributed by atoms with Gasteiger partial charge in [-0.1, -0.05) is 91.0 Å². The normalized spacial score (nSPS) is 11.1. The molecule has 0 aliphatic carbocycles. The van der Waals surface area contributed by atoms with Gasteiger partial charge in [-0.2, -0.15) is 0 Å². The highest BCUT2D eigenvalue weighted by Gasteiger charge is 2.19. The van der Waals surface area contributed by atoms with Gasteiger partial charge in [0.25, 0.3) is 0 Å². The number of hydrogen-bond donors (Lipinski definition) is 0. The van der Waals surface area contributed by atoms with Crippen molar-refractivity contribution in [2.24, 2.45) is 0 Å². The van der Waals surface area contributed by atoms with Crippen LogP contribution in [0.5, 0.6) is 5.75 Å². The molecule has 10 aromatic rings. The Labute approximate surface area is 361 Å². The number of benzene rings is 4. The van der Waals surface area contributed by atoms with Crippen molar-refractivity contribution in [1.29, 1.82) is 0 Å². The van der Waals surface area contributed by atoms with Gasteiger partial charge in [0.2, 0.25) is 0 Å². The molecule has 0 bridgehead atoms. The van der Waals surface area contributed by atoms with E-state index in [0.29, 0.717) is 6.61 Å². The highest BCUT2D eigenvalue weighted by Crippen LogP contribution is 2.43. The molecule has 0 amide bonds. The van der Waals surface area contributed by atoms with E-state index >= 15 is 0 Å². The van der Waals surface area contributed by atoms with Gasteiger partial charge in [-0.25, -0.2) is 19.9 Å². The Morgan fingerprint density at radius 3 is 1.38 bits per heavy atom. The molecule has 292 valence electrons. The minimum Gasteiger partial charge on any atom is -0.488 e. The molecule has 4 aromatic carbocycles. The van der Waals surface area contributed by atoms with Gasteiger partial charge in [-0.15, -0.1) is 22.7 Å². The summed E-state index contributed by atoms with van der Waals surface area (Å²) in [5, 5.41) is 5.90. The van der Waals surface area contributed by atoms with E-state index in [9.17, 15) is 0 Å². The second kappa shape index (κ2) is 17.0. The zero-order chi connectivity index (χ0) is 41.0. The average Bonchev–Trinajstić information content (AvgIpc) is 4.04. The molecule has 10 rings (SSSR count). The minimum absolute atomic E-state index is 0.420. The van der Waals surface area contributed by atoms with Gasteiger partial charge in [0, 0.05) is 45.4 Å². The lowest BCUT2D eigenvalue weighted by molar-refractivity contribution is 0.309. The van der Waals surface area contributed by atoms with Gasteiger partial charge < -0.3 is 4.74 Å². The van der Waals surface area contributed by atoms with E-state index in [-0.39, 0.29) is 0 Å². The van der Waals surface area contributed by atoms with Gasteiger partial charge in [-0.3, -0.25) is 9.97 Å². The lowest BCUT2D eigenvalue weighted by Crippen LogP contribution is -2.00. The van der Waals surface area contributed by atoms with Crippen LogP contribution in [0.3, 0.4) is 0 Å². The van der Waals surface area contributed by atoms with Gasteiger partial charge in [-0.05, 0) is 102 Å². The maximum absolute atomic E-state index is 6.87. The molecule has 0 aliphatic rings. The van der Waals surface area contributed by atoms with E-state index in [1.54, 1.807) is 35.1 Å². The van der Waals surface area contributed by atoms with Gasteiger partial charge in [0.15, 0.2) is 0 Å². The van der Waals surface area contributed by atoms with E-state index < -0.39 is 0 Å². The maximum atomic E-state index is 6.87. The standard InChI is InChI=1S/C52H36N6OS2/c1-34-27-40(36-15-9-17-38(29-36)48-32-60-51(57-48)46-23-11-21-44(55-46)42-19-5-7-25-53-42)50(59-31-35-13-3-2-4-14-35)41(28-34)37-16-10-18-39(30-37)49-33-61-52(58-49)47-24-12-22-45(56-47)43-20-6-8-26-54-43/h2-30,32-33H,31H2,1H3. The topological polar surface area (TPSA) is 86.6 Å². The van der Waals surface area contributed by atoms with Crippen LogP contribution >= 0.6 is 22.7 Å². The van der Waals surface area contributed by atoms with E-state index in [2.05, 4.69) is 100 Å². The summed E-state index contributed by atoms with van der Waals surface area (Å²) in [6.45, 7) is 2.56. The van der Waals surface area contributed by atoms with Crippen LogP contribution in [0.2, 0.25) is 0 Å². The first-order valence-corrected chi connectivity index (χ1v) is 21.6. The molecule has 9 heteroatoms. The zero-order valence-corrected chi connectivity index (χ0v) is 34.6. The summed E-state index contributed by atoms with van der Waals surface area (Å²) in [7, 11) is 0. The Bertz CT molecular complexity index is 2930. The summed E-state index contributed by atoms with van der Waals surface area (Å²) in [4.78, 5) is 28.9. The third-order valence-electron chi connectivity index (χ3n) is 10.2. The molecule has 6 aromatic heterocycles. The number of nitrogens with zero attached hydrogens (tertiary/aromatic N) is 6. The number of aryl methyl sites for hydroxylation is 1. The van der Waals surface area contributed by atoms with Gasteiger partial charge in [0.1, 0.15) is 22.4 Å². The van der Waals surface area contributed by atoms with Crippen LogP contribution in [-0.4, -0.2) is 29.9 Å². The van der Waals surface area contributed by atoms with Crippen LogP contribution in [0.25, 0.3) is 88.9 Å². The summed E-state index contributed by atoms with van der Waals surface area (Å²) in [5.74, 6) is 0.813. The molecule has 0 unspecified atom stereocenters. The monoisotopic (exact) mass is 824 g/mol. The predicted octanol–water partition coefficient (Wildman–Crippen LogP) is 13.4. The number of aromatic nitrogens is 6. The summed E-state index contributed by atoms with van der Waals surface area (Å²) in [6, 6.07) is 55.5. The van der Waals surface area contributed by atoms with Crippen molar-refractivity contribution >= 4 is 22.7 Å². The Kier molecular flexibility index (Phi) is 10.5. The lowest BCUT2D eigenvalue weighted by atomic mass is 9.93. The molecular formula is C52H36N6OS2. The second-order valence-electron chi connectivity index (χ2n) is 14.4. The van der Waals surface area contributed by atoms with Crippen LogP contribution < -0.4 is 4.74 Å². The van der Waals surface area contributed by atoms with Crippen molar-refractivity contribution in [2.75, 3.05) is 0 Å². The van der Waals surface area contributed by atoms with Crippen molar-refractivity contribution in [1.82, 2.24) is 29.9 Å². The van der Waals surface area contributed by atoms with Crippen LogP contribution in [0.1, 0.15) is 11.1 Å². The summed E-state index contributed by atoms with van der Waals surface area (Å²) in [6.07, 6.45) is 3.57. The van der Waals surface area contributed by atoms with Gasteiger partial charge >= 0.3 is 0 Å². The van der Waals surface area contributed by atoms with Crippen LogP contribution in [0.15, 0.2) is 187 Å². The van der Waals surface area contributed by atoms with Crippen molar-refractivity contribution in [3.63, 3.8) is 0 Å². The average molecular weight is 825 g/mol. The fourth-order valence-corrected chi connectivity index (χ4v) is 8.84. The molecule has 0 saturated carbocycles. The lowest BCUT2D eigenvalue weighted by Gasteiger charge is -2.19. The molecule has 0 N–H and O–H groups in total. The minimum atomic E-state index is 0.420. The summed E-state index contributed by atoms with van der Waals surface area (Å²) < 4.78 is 6.87. The Balaban J connectivity index is 0.998. The number of ether oxygens (including phenoxy) is 1.